The summed E-state index contributed by atoms with van der Waals surface area (Å²) in [5.74, 6) is 0.224. The maximum atomic E-state index is 10.8. The highest BCUT2D eigenvalue weighted by Gasteiger charge is 2.00. The molecule has 0 radical (unpaired) electrons. The van der Waals surface area contributed by atoms with Crippen LogP contribution in [0.4, 0.5) is 0 Å². The van der Waals surface area contributed by atoms with Gasteiger partial charge in [0.2, 0.25) is 5.91 Å². The average molecular weight is 221 g/mol. The topological polar surface area (TPSA) is 49.3 Å². The molecule has 1 aromatic carbocycles. The van der Waals surface area contributed by atoms with Gasteiger partial charge in [0.15, 0.2) is 0 Å². The van der Waals surface area contributed by atoms with E-state index in [0.29, 0.717) is 12.5 Å². The highest BCUT2D eigenvalue weighted by molar-refractivity contribution is 5.76. The normalized spacial score (nSPS) is 10.5. The molecular formula is C13H19NO2. The highest BCUT2D eigenvalue weighted by Crippen LogP contribution is 2.14. The molecule has 0 spiro atoms. The van der Waals surface area contributed by atoms with E-state index in [1.165, 1.54) is 11.1 Å². The van der Waals surface area contributed by atoms with Gasteiger partial charge in [-0.3, -0.25) is 4.79 Å². The minimum Gasteiger partial charge on any atom is -0.387 e. The molecule has 1 aromatic rings. The molecule has 0 bridgehead atoms. The number of amides is 1. The average Bonchev–Trinajstić information content (AvgIpc) is 2.29. The fraction of sp³-hybridized carbons (Fsp3) is 0.462. The number of rotatable bonds is 5. The van der Waals surface area contributed by atoms with Crippen LogP contribution in [0.1, 0.15) is 30.9 Å². The van der Waals surface area contributed by atoms with Crippen LogP contribution in [0.15, 0.2) is 24.3 Å². The Morgan fingerprint density at radius 2 is 1.94 bits per heavy atom. The SMILES string of the molecule is CC(C)c1ccc(CCNC(=O)CO)cc1. The molecule has 0 aliphatic carbocycles. The number of aliphatic hydroxyl groups is 1. The van der Waals surface area contributed by atoms with E-state index in [2.05, 4.69) is 43.4 Å². The van der Waals surface area contributed by atoms with Crippen molar-refractivity contribution in [2.75, 3.05) is 13.2 Å². The third-order valence-corrected chi connectivity index (χ3v) is 2.53. The van der Waals surface area contributed by atoms with Gasteiger partial charge in [-0.25, -0.2) is 0 Å². The van der Waals surface area contributed by atoms with Crippen molar-refractivity contribution in [3.63, 3.8) is 0 Å². The molecule has 0 aliphatic heterocycles. The van der Waals surface area contributed by atoms with E-state index >= 15 is 0 Å². The molecule has 2 N–H and O–H groups in total. The fourth-order valence-electron chi connectivity index (χ4n) is 1.47. The van der Waals surface area contributed by atoms with Gasteiger partial charge in [-0.2, -0.15) is 0 Å². The van der Waals surface area contributed by atoms with E-state index < -0.39 is 6.61 Å². The highest BCUT2D eigenvalue weighted by atomic mass is 16.3. The predicted molar refractivity (Wildman–Crippen MR) is 64.3 cm³/mol. The zero-order valence-electron chi connectivity index (χ0n) is 9.86. The first-order valence-electron chi connectivity index (χ1n) is 5.60. The van der Waals surface area contributed by atoms with E-state index in [-0.39, 0.29) is 5.91 Å². The molecule has 0 fully saturated rings. The second-order valence-corrected chi connectivity index (χ2v) is 4.15. The zero-order valence-corrected chi connectivity index (χ0v) is 9.86. The first-order chi connectivity index (χ1) is 7.63. The van der Waals surface area contributed by atoms with Gasteiger partial charge in [-0.05, 0) is 23.5 Å². The number of benzene rings is 1. The minimum atomic E-state index is -0.438. The summed E-state index contributed by atoms with van der Waals surface area (Å²) in [6, 6.07) is 8.41. The summed E-state index contributed by atoms with van der Waals surface area (Å²) in [6.07, 6.45) is 0.796. The van der Waals surface area contributed by atoms with Crippen LogP contribution < -0.4 is 5.32 Å². The van der Waals surface area contributed by atoms with Crippen LogP contribution in [-0.2, 0) is 11.2 Å². The monoisotopic (exact) mass is 221 g/mol. The summed E-state index contributed by atoms with van der Waals surface area (Å²) < 4.78 is 0. The van der Waals surface area contributed by atoms with Crippen molar-refractivity contribution < 1.29 is 9.90 Å². The largest absolute Gasteiger partial charge is 0.387 e. The number of aliphatic hydroxyl groups excluding tert-OH is 1. The van der Waals surface area contributed by atoms with Gasteiger partial charge in [0.05, 0.1) is 0 Å². The Morgan fingerprint density at radius 1 is 1.31 bits per heavy atom. The Bertz CT molecular complexity index is 330. The first kappa shape index (κ1) is 12.7. The van der Waals surface area contributed by atoms with E-state index in [1.807, 2.05) is 0 Å². The third kappa shape index (κ3) is 4.03. The molecule has 1 amide bonds. The minimum absolute atomic E-state index is 0.321. The van der Waals surface area contributed by atoms with Gasteiger partial charge in [-0.15, -0.1) is 0 Å². The standard InChI is InChI=1S/C13H19NO2/c1-10(2)12-5-3-11(4-6-12)7-8-14-13(16)9-15/h3-6,10,15H,7-9H2,1-2H3,(H,14,16). The van der Waals surface area contributed by atoms with Crippen molar-refractivity contribution in [1.82, 2.24) is 5.32 Å². The Labute approximate surface area is 96.5 Å². The number of carbonyl (C=O) groups is 1. The van der Waals surface area contributed by atoms with E-state index in [0.717, 1.165) is 6.42 Å². The quantitative estimate of drug-likeness (QED) is 0.791. The summed E-state index contributed by atoms with van der Waals surface area (Å²) in [5.41, 5.74) is 2.52. The number of nitrogens with one attached hydrogen (secondary N) is 1. The lowest BCUT2D eigenvalue weighted by molar-refractivity contribution is -0.123. The third-order valence-electron chi connectivity index (χ3n) is 2.53. The lowest BCUT2D eigenvalue weighted by Crippen LogP contribution is -2.28. The van der Waals surface area contributed by atoms with Gasteiger partial charge in [-0.1, -0.05) is 38.1 Å². The van der Waals surface area contributed by atoms with E-state index in [1.54, 1.807) is 0 Å². The van der Waals surface area contributed by atoms with Gasteiger partial charge in [0.25, 0.3) is 0 Å². The van der Waals surface area contributed by atoms with Crippen LogP contribution in [0.3, 0.4) is 0 Å². The van der Waals surface area contributed by atoms with Gasteiger partial charge >= 0.3 is 0 Å². The van der Waals surface area contributed by atoms with Crippen molar-refractivity contribution in [1.29, 1.82) is 0 Å². The van der Waals surface area contributed by atoms with Crippen molar-refractivity contribution >= 4 is 5.91 Å². The molecule has 0 unspecified atom stereocenters. The van der Waals surface area contributed by atoms with Gasteiger partial charge in [0.1, 0.15) is 6.61 Å². The molecule has 3 heteroatoms. The number of hydrogen-bond acceptors (Lipinski definition) is 2. The molecule has 16 heavy (non-hydrogen) atoms. The number of hydrogen-bond donors (Lipinski definition) is 2. The summed E-state index contributed by atoms with van der Waals surface area (Å²) in [4.78, 5) is 10.8. The summed E-state index contributed by atoms with van der Waals surface area (Å²) >= 11 is 0. The van der Waals surface area contributed by atoms with Crippen molar-refractivity contribution in [3.8, 4) is 0 Å². The van der Waals surface area contributed by atoms with Gasteiger partial charge in [0, 0.05) is 6.54 Å². The molecule has 0 aliphatic rings. The molecule has 3 nitrogen and oxygen atoms in total. The van der Waals surface area contributed by atoms with Gasteiger partial charge < -0.3 is 10.4 Å². The second kappa shape index (κ2) is 6.28. The van der Waals surface area contributed by atoms with Crippen LogP contribution in [-0.4, -0.2) is 24.2 Å². The maximum Gasteiger partial charge on any atom is 0.245 e. The fourth-order valence-corrected chi connectivity index (χ4v) is 1.47. The Kier molecular flexibility index (Phi) is 4.99. The van der Waals surface area contributed by atoms with Crippen molar-refractivity contribution in [3.05, 3.63) is 35.4 Å². The molecule has 88 valence electrons. The van der Waals surface area contributed by atoms with Crippen LogP contribution in [0.25, 0.3) is 0 Å². The smallest absolute Gasteiger partial charge is 0.245 e. The Hall–Kier alpha value is -1.35. The molecule has 0 aromatic heterocycles. The number of carbonyl (C=O) groups excluding carboxylic acids is 1. The van der Waals surface area contributed by atoms with E-state index in [4.69, 9.17) is 5.11 Å². The van der Waals surface area contributed by atoms with E-state index in [9.17, 15) is 4.79 Å². The lowest BCUT2D eigenvalue weighted by atomic mass is 10.0. The summed E-state index contributed by atoms with van der Waals surface area (Å²) in [5, 5.41) is 11.1. The van der Waals surface area contributed by atoms with Crippen molar-refractivity contribution in [2.45, 2.75) is 26.2 Å². The maximum absolute atomic E-state index is 10.8. The first-order valence-corrected chi connectivity index (χ1v) is 5.60. The zero-order chi connectivity index (χ0) is 12.0. The lowest BCUT2D eigenvalue weighted by Gasteiger charge is -2.07. The Balaban J connectivity index is 2.40. The van der Waals surface area contributed by atoms with Crippen LogP contribution in [0.5, 0.6) is 0 Å². The molecule has 0 saturated heterocycles. The molecule has 1 rings (SSSR count). The molecule has 0 heterocycles. The second-order valence-electron chi connectivity index (χ2n) is 4.15. The summed E-state index contributed by atoms with van der Waals surface area (Å²) in [7, 11) is 0. The molecule has 0 saturated carbocycles. The van der Waals surface area contributed by atoms with Crippen molar-refractivity contribution in [2.24, 2.45) is 0 Å². The molecule has 0 atom stereocenters. The van der Waals surface area contributed by atoms with Crippen LogP contribution in [0.2, 0.25) is 0 Å². The van der Waals surface area contributed by atoms with Crippen LogP contribution >= 0.6 is 0 Å². The predicted octanol–water partition coefficient (Wildman–Crippen LogP) is 1.46. The Morgan fingerprint density at radius 3 is 2.44 bits per heavy atom. The van der Waals surface area contributed by atoms with Crippen LogP contribution in [0, 0.1) is 0 Å². The summed E-state index contributed by atoms with van der Waals surface area (Å²) in [6.45, 7) is 4.46. The molecular weight excluding hydrogens is 202 g/mol.